The molecular formula is C20H24N4O4S. The molecule has 2 aliphatic rings. The van der Waals surface area contributed by atoms with Gasteiger partial charge in [0.1, 0.15) is 0 Å². The largest absolute Gasteiger partial charge is 0.336 e. The molecule has 0 aromatic heterocycles. The van der Waals surface area contributed by atoms with Crippen LogP contribution >= 0.6 is 0 Å². The van der Waals surface area contributed by atoms with E-state index in [-0.39, 0.29) is 16.8 Å². The zero-order chi connectivity index (χ0) is 20.6. The Hall–Kier alpha value is -2.49. The maximum atomic E-state index is 13.1. The molecule has 2 saturated heterocycles. The van der Waals surface area contributed by atoms with Crippen molar-refractivity contribution in [3.63, 3.8) is 0 Å². The normalized spacial score (nSPS) is 20.0. The van der Waals surface area contributed by atoms with Crippen molar-refractivity contribution in [3.8, 4) is 0 Å². The Balaban J connectivity index is 1.44. The Morgan fingerprint density at radius 1 is 1.00 bits per heavy atom. The topological polar surface area (TPSA) is 90.0 Å². The van der Waals surface area contributed by atoms with Crippen LogP contribution in [0, 0.1) is 0 Å². The van der Waals surface area contributed by atoms with E-state index in [9.17, 15) is 18.0 Å². The Morgan fingerprint density at radius 2 is 1.69 bits per heavy atom. The quantitative estimate of drug-likeness (QED) is 0.806. The molecule has 1 atom stereocenters. The number of sulfonamides is 1. The van der Waals surface area contributed by atoms with Crippen molar-refractivity contribution in [2.75, 3.05) is 39.3 Å². The summed E-state index contributed by atoms with van der Waals surface area (Å²) in [6.07, 6.45) is 0. The van der Waals surface area contributed by atoms with Gasteiger partial charge in [0.2, 0.25) is 15.9 Å². The van der Waals surface area contributed by atoms with Crippen molar-refractivity contribution in [1.29, 1.82) is 0 Å². The number of hydrogen-bond donors (Lipinski definition) is 1. The van der Waals surface area contributed by atoms with Gasteiger partial charge in [0.15, 0.2) is 0 Å². The first kappa shape index (κ1) is 19.8. The van der Waals surface area contributed by atoms with E-state index in [1.54, 1.807) is 19.1 Å². The first-order valence-electron chi connectivity index (χ1n) is 9.70. The van der Waals surface area contributed by atoms with Crippen LogP contribution in [0.4, 0.5) is 4.79 Å². The summed E-state index contributed by atoms with van der Waals surface area (Å²) in [6.45, 7) is 4.09. The average molecular weight is 417 g/mol. The molecule has 0 spiro atoms. The number of imide groups is 1. The minimum Gasteiger partial charge on any atom is -0.336 e. The maximum Gasteiger partial charge on any atom is 0.324 e. The molecule has 2 aromatic carbocycles. The number of hydrogen-bond acceptors (Lipinski definition) is 5. The first-order valence-corrected chi connectivity index (χ1v) is 11.1. The predicted molar refractivity (Wildman–Crippen MR) is 109 cm³/mol. The Bertz CT molecular complexity index is 1050. The highest BCUT2D eigenvalue weighted by atomic mass is 32.2. The zero-order valence-electron chi connectivity index (χ0n) is 16.2. The highest BCUT2D eigenvalue weighted by Crippen LogP contribution is 2.23. The molecule has 4 rings (SSSR count). The van der Waals surface area contributed by atoms with E-state index in [2.05, 4.69) is 5.32 Å². The van der Waals surface area contributed by atoms with Crippen LogP contribution in [0.1, 0.15) is 6.92 Å². The number of piperazine rings is 1. The second kappa shape index (κ2) is 7.74. The molecule has 154 valence electrons. The number of carbonyl (C=O) groups is 2. The van der Waals surface area contributed by atoms with Gasteiger partial charge in [0.25, 0.3) is 0 Å². The molecular weight excluding hydrogens is 392 g/mol. The molecule has 0 aliphatic carbocycles. The molecule has 2 heterocycles. The molecule has 9 heteroatoms. The third-order valence-corrected chi connectivity index (χ3v) is 7.55. The maximum absolute atomic E-state index is 13.1. The molecule has 2 fully saturated rings. The van der Waals surface area contributed by atoms with E-state index >= 15 is 0 Å². The zero-order valence-corrected chi connectivity index (χ0v) is 17.1. The molecule has 0 unspecified atom stereocenters. The summed E-state index contributed by atoms with van der Waals surface area (Å²) >= 11 is 0. The number of fused-ring (bicyclic) bond motifs is 1. The van der Waals surface area contributed by atoms with Gasteiger partial charge in [0, 0.05) is 39.3 Å². The predicted octanol–water partition coefficient (Wildman–Crippen LogP) is 1.09. The molecule has 8 nitrogen and oxygen atoms in total. The molecule has 0 saturated carbocycles. The van der Waals surface area contributed by atoms with Crippen molar-refractivity contribution in [2.24, 2.45) is 0 Å². The molecule has 2 aromatic rings. The van der Waals surface area contributed by atoms with Crippen LogP contribution in [0.15, 0.2) is 47.4 Å². The summed E-state index contributed by atoms with van der Waals surface area (Å²) in [5, 5.41) is 4.51. The van der Waals surface area contributed by atoms with Gasteiger partial charge in [0.05, 0.1) is 10.9 Å². The van der Waals surface area contributed by atoms with Gasteiger partial charge >= 0.3 is 6.03 Å². The Labute approximate surface area is 170 Å². The first-order chi connectivity index (χ1) is 13.9. The third-order valence-electron chi connectivity index (χ3n) is 5.66. The fourth-order valence-corrected chi connectivity index (χ4v) is 5.33. The fourth-order valence-electron chi connectivity index (χ4n) is 3.87. The van der Waals surface area contributed by atoms with Crippen molar-refractivity contribution in [1.82, 2.24) is 19.4 Å². The van der Waals surface area contributed by atoms with Gasteiger partial charge in [-0.1, -0.05) is 30.3 Å². The van der Waals surface area contributed by atoms with E-state index in [1.807, 2.05) is 35.2 Å². The molecule has 3 amide bonds. The lowest BCUT2D eigenvalue weighted by molar-refractivity contribution is -0.133. The highest BCUT2D eigenvalue weighted by Gasteiger charge is 2.36. The lowest BCUT2D eigenvalue weighted by Gasteiger charge is -2.37. The summed E-state index contributed by atoms with van der Waals surface area (Å²) < 4.78 is 27.6. The molecule has 0 bridgehead atoms. The van der Waals surface area contributed by atoms with E-state index in [1.165, 1.54) is 9.21 Å². The molecule has 29 heavy (non-hydrogen) atoms. The highest BCUT2D eigenvalue weighted by molar-refractivity contribution is 7.89. The number of rotatable bonds is 4. The number of nitrogens with one attached hydrogen (secondary N) is 1. The van der Waals surface area contributed by atoms with Crippen molar-refractivity contribution < 1.29 is 18.0 Å². The monoisotopic (exact) mass is 416 g/mol. The summed E-state index contributed by atoms with van der Waals surface area (Å²) in [5.74, 6) is -0.245. The summed E-state index contributed by atoms with van der Waals surface area (Å²) in [4.78, 5) is 27.7. The van der Waals surface area contributed by atoms with Crippen LogP contribution in [0.5, 0.6) is 0 Å². The second-order valence-electron chi connectivity index (χ2n) is 7.35. The van der Waals surface area contributed by atoms with Gasteiger partial charge < -0.3 is 5.32 Å². The fraction of sp³-hybridized carbons (Fsp3) is 0.400. The standard InChI is InChI=1S/C20H24N4O4S/c1-15(19(25)24-9-8-21-20(24)26)22-10-12-23(13-11-22)29(27,28)18-7-6-16-4-2-3-5-17(16)14-18/h2-7,14-15H,8-13H2,1H3,(H,21,26)/t15-/m0/s1. The van der Waals surface area contributed by atoms with E-state index in [4.69, 9.17) is 0 Å². The number of benzene rings is 2. The van der Waals surface area contributed by atoms with Gasteiger partial charge in [-0.3, -0.25) is 14.6 Å². The van der Waals surface area contributed by atoms with Crippen LogP contribution in [-0.4, -0.2) is 79.8 Å². The van der Waals surface area contributed by atoms with Gasteiger partial charge in [-0.25, -0.2) is 13.2 Å². The van der Waals surface area contributed by atoms with Crippen LogP contribution in [0.3, 0.4) is 0 Å². The van der Waals surface area contributed by atoms with E-state index in [0.717, 1.165) is 10.8 Å². The van der Waals surface area contributed by atoms with Crippen LogP contribution < -0.4 is 5.32 Å². The smallest absolute Gasteiger partial charge is 0.324 e. The van der Waals surface area contributed by atoms with Crippen molar-refractivity contribution in [3.05, 3.63) is 42.5 Å². The number of nitrogens with zero attached hydrogens (tertiary/aromatic N) is 3. The summed E-state index contributed by atoms with van der Waals surface area (Å²) in [7, 11) is -3.60. The SMILES string of the molecule is C[C@@H](C(=O)N1CCNC1=O)N1CCN(S(=O)(=O)c2ccc3ccccc3c2)CC1. The number of amides is 3. The number of urea groups is 1. The molecule has 1 N–H and O–H groups in total. The van der Waals surface area contributed by atoms with Crippen molar-refractivity contribution in [2.45, 2.75) is 17.9 Å². The Kier molecular flexibility index (Phi) is 5.28. The third kappa shape index (κ3) is 3.73. The van der Waals surface area contributed by atoms with E-state index in [0.29, 0.717) is 39.3 Å². The van der Waals surface area contributed by atoms with Gasteiger partial charge in [-0.15, -0.1) is 0 Å². The minimum atomic E-state index is -3.60. The van der Waals surface area contributed by atoms with Crippen molar-refractivity contribution >= 4 is 32.7 Å². The average Bonchev–Trinajstić information content (AvgIpc) is 3.18. The molecule has 0 radical (unpaired) electrons. The second-order valence-corrected chi connectivity index (χ2v) is 9.28. The Morgan fingerprint density at radius 3 is 2.34 bits per heavy atom. The van der Waals surface area contributed by atoms with Gasteiger partial charge in [-0.2, -0.15) is 4.31 Å². The lowest BCUT2D eigenvalue weighted by Crippen LogP contribution is -2.55. The minimum absolute atomic E-state index is 0.245. The van der Waals surface area contributed by atoms with Crippen LogP contribution in [-0.2, 0) is 14.8 Å². The number of carbonyl (C=O) groups excluding carboxylic acids is 2. The summed E-state index contributed by atoms with van der Waals surface area (Å²) in [6, 6.07) is 12.0. The lowest BCUT2D eigenvalue weighted by atomic mass is 10.1. The van der Waals surface area contributed by atoms with Crippen LogP contribution in [0.25, 0.3) is 10.8 Å². The van der Waals surface area contributed by atoms with E-state index < -0.39 is 16.1 Å². The molecule has 2 aliphatic heterocycles. The summed E-state index contributed by atoms with van der Waals surface area (Å²) in [5.41, 5.74) is 0. The van der Waals surface area contributed by atoms with Gasteiger partial charge in [-0.05, 0) is 29.8 Å². The van der Waals surface area contributed by atoms with Crippen LogP contribution in [0.2, 0.25) is 0 Å².